The maximum absolute atomic E-state index is 9.90. The predicted molar refractivity (Wildman–Crippen MR) is 93.5 cm³/mol. The maximum Gasteiger partial charge on any atom is 0.133 e. The molecule has 0 heterocycles. The van der Waals surface area contributed by atoms with Crippen LogP contribution < -0.4 is 4.74 Å². The van der Waals surface area contributed by atoms with Gasteiger partial charge in [-0.3, -0.25) is 0 Å². The summed E-state index contributed by atoms with van der Waals surface area (Å²) in [5.41, 5.74) is 3.12. The minimum absolute atomic E-state index is 0.176. The monoisotopic (exact) mass is 326 g/mol. The second-order valence-electron chi connectivity index (χ2n) is 5.21. The summed E-state index contributed by atoms with van der Waals surface area (Å²) in [6, 6.07) is 14.6. The van der Waals surface area contributed by atoms with E-state index in [1.54, 1.807) is 6.07 Å². The number of thioether (sulfide) groups is 1. The molecule has 0 aliphatic carbocycles. The summed E-state index contributed by atoms with van der Waals surface area (Å²) in [7, 11) is 0. The molecule has 0 saturated carbocycles. The lowest BCUT2D eigenvalue weighted by atomic mass is 10.1. The Bertz CT molecular complexity index is 662. The summed E-state index contributed by atoms with van der Waals surface area (Å²) < 4.78 is 5.87. The molecule has 2 aromatic carbocycles. The summed E-state index contributed by atoms with van der Waals surface area (Å²) in [6.07, 6.45) is 2.60. The molecular weight excluding hydrogens is 306 g/mol. The summed E-state index contributed by atoms with van der Waals surface area (Å²) in [5.74, 6) is 1.71. The zero-order valence-electron chi connectivity index (χ0n) is 13.2. The number of aryl methyl sites for hydroxylation is 1. The van der Waals surface area contributed by atoms with E-state index >= 15 is 0 Å². The Balaban J connectivity index is 1.96. The van der Waals surface area contributed by atoms with Gasteiger partial charge in [-0.25, -0.2) is 0 Å². The molecule has 0 saturated heterocycles. The fourth-order valence-electron chi connectivity index (χ4n) is 2.31. The first-order valence-electron chi connectivity index (χ1n) is 7.68. The van der Waals surface area contributed by atoms with Crippen molar-refractivity contribution in [2.45, 2.75) is 32.8 Å². The second kappa shape index (κ2) is 9.12. The van der Waals surface area contributed by atoms with Gasteiger partial charge in [0.1, 0.15) is 23.5 Å². The van der Waals surface area contributed by atoms with E-state index in [-0.39, 0.29) is 5.75 Å². The van der Waals surface area contributed by atoms with Crippen LogP contribution >= 0.6 is 11.8 Å². The molecule has 23 heavy (non-hydrogen) atoms. The number of ether oxygens (including phenoxy) is 1. The number of benzene rings is 2. The number of aromatic hydroxyl groups is 1. The minimum atomic E-state index is 0.176. The lowest BCUT2D eigenvalue weighted by molar-refractivity contribution is 0.300. The van der Waals surface area contributed by atoms with Crippen molar-refractivity contribution >= 4 is 11.8 Å². The van der Waals surface area contributed by atoms with E-state index < -0.39 is 0 Å². The fraction of sp³-hybridized carbons (Fsp3) is 0.316. The van der Waals surface area contributed by atoms with Crippen LogP contribution in [0.3, 0.4) is 0 Å². The Labute approximate surface area is 141 Å². The zero-order chi connectivity index (χ0) is 16.5. The average Bonchev–Trinajstić information content (AvgIpc) is 2.57. The van der Waals surface area contributed by atoms with Gasteiger partial charge in [0, 0.05) is 17.4 Å². The molecule has 0 bridgehead atoms. The quantitative estimate of drug-likeness (QED) is 0.574. The number of rotatable bonds is 8. The van der Waals surface area contributed by atoms with Crippen molar-refractivity contribution in [1.82, 2.24) is 0 Å². The lowest BCUT2D eigenvalue weighted by Crippen LogP contribution is -1.99. The van der Waals surface area contributed by atoms with Crippen molar-refractivity contribution in [3.63, 3.8) is 0 Å². The number of phenols is 1. The van der Waals surface area contributed by atoms with E-state index in [0.29, 0.717) is 6.61 Å². The van der Waals surface area contributed by atoms with Gasteiger partial charge in [-0.1, -0.05) is 37.6 Å². The Morgan fingerprint density at radius 1 is 1.17 bits per heavy atom. The molecule has 0 spiro atoms. The number of thiocyanates is 1. The molecule has 2 aromatic rings. The Hall–Kier alpha value is -2.12. The van der Waals surface area contributed by atoms with Crippen molar-refractivity contribution in [3.8, 4) is 16.9 Å². The van der Waals surface area contributed by atoms with Crippen LogP contribution in [0.5, 0.6) is 11.5 Å². The van der Waals surface area contributed by atoms with Crippen LogP contribution in [-0.4, -0.2) is 10.9 Å². The van der Waals surface area contributed by atoms with Gasteiger partial charge in [0.2, 0.25) is 0 Å². The molecule has 0 unspecified atom stereocenters. The van der Waals surface area contributed by atoms with Crippen molar-refractivity contribution in [2.24, 2.45) is 0 Å². The summed E-state index contributed by atoms with van der Waals surface area (Å²) >= 11 is 1.28. The number of nitrogens with zero attached hydrogens (tertiary/aromatic N) is 1. The van der Waals surface area contributed by atoms with E-state index in [1.165, 1.54) is 17.3 Å². The van der Waals surface area contributed by atoms with E-state index in [9.17, 15) is 5.11 Å². The summed E-state index contributed by atoms with van der Waals surface area (Å²) in [5, 5.41) is 20.5. The van der Waals surface area contributed by atoms with Gasteiger partial charge in [-0.05, 0) is 47.9 Å². The topological polar surface area (TPSA) is 53.2 Å². The van der Waals surface area contributed by atoms with Crippen molar-refractivity contribution in [1.29, 1.82) is 5.26 Å². The van der Waals surface area contributed by atoms with Crippen LogP contribution in [0.25, 0.3) is 0 Å². The third-order valence-corrected chi connectivity index (χ3v) is 4.05. The third kappa shape index (κ3) is 5.22. The highest BCUT2D eigenvalue weighted by molar-refractivity contribution is 8.03. The SMILES string of the molecule is CCCc1c(O)[c]ccc1OCc1ccc(CCSC#N)cc1. The molecule has 0 atom stereocenters. The molecule has 0 fully saturated rings. The highest BCUT2D eigenvalue weighted by atomic mass is 32.2. The maximum atomic E-state index is 9.90. The molecule has 3 nitrogen and oxygen atoms in total. The van der Waals surface area contributed by atoms with Crippen LogP contribution in [-0.2, 0) is 19.4 Å². The van der Waals surface area contributed by atoms with Crippen LogP contribution in [0.4, 0.5) is 0 Å². The van der Waals surface area contributed by atoms with Gasteiger partial charge in [-0.15, -0.1) is 0 Å². The van der Waals surface area contributed by atoms with Gasteiger partial charge in [0.25, 0.3) is 0 Å². The van der Waals surface area contributed by atoms with Crippen LogP contribution in [0.2, 0.25) is 0 Å². The lowest BCUT2D eigenvalue weighted by Gasteiger charge is -2.12. The first kappa shape index (κ1) is 17.2. The van der Waals surface area contributed by atoms with Crippen molar-refractivity contribution in [2.75, 3.05) is 5.75 Å². The van der Waals surface area contributed by atoms with Crippen molar-refractivity contribution < 1.29 is 9.84 Å². The Kier molecular flexibility index (Phi) is 6.83. The van der Waals surface area contributed by atoms with Gasteiger partial charge in [-0.2, -0.15) is 5.26 Å². The molecule has 0 amide bonds. The summed E-state index contributed by atoms with van der Waals surface area (Å²) in [6.45, 7) is 2.53. The highest BCUT2D eigenvalue weighted by Gasteiger charge is 2.08. The van der Waals surface area contributed by atoms with E-state index in [2.05, 4.69) is 30.5 Å². The normalized spacial score (nSPS) is 10.3. The first-order chi connectivity index (χ1) is 11.2. The minimum Gasteiger partial charge on any atom is -0.507 e. The highest BCUT2D eigenvalue weighted by Crippen LogP contribution is 2.29. The van der Waals surface area contributed by atoms with Gasteiger partial charge in [0.05, 0.1) is 0 Å². The molecule has 0 aliphatic heterocycles. The van der Waals surface area contributed by atoms with Crippen LogP contribution in [0, 0.1) is 16.7 Å². The number of hydrogen-bond acceptors (Lipinski definition) is 4. The predicted octanol–water partition coefficient (Wildman–Crippen LogP) is 4.48. The standard InChI is InChI=1S/C19H20NO2S/c1-2-4-17-18(21)5-3-6-19(17)22-13-16-9-7-15(8-10-16)11-12-23-14-20/h3,6-10,21H,2,4,11-13H2,1H3. The first-order valence-corrected chi connectivity index (χ1v) is 8.67. The molecule has 4 heteroatoms. The molecule has 0 aromatic heterocycles. The number of nitriles is 1. The summed E-state index contributed by atoms with van der Waals surface area (Å²) in [4.78, 5) is 0. The molecular formula is C19H20NO2S. The Morgan fingerprint density at radius 3 is 2.61 bits per heavy atom. The third-order valence-electron chi connectivity index (χ3n) is 3.51. The smallest absolute Gasteiger partial charge is 0.133 e. The van der Waals surface area contributed by atoms with E-state index in [4.69, 9.17) is 10.00 Å². The molecule has 0 aliphatic rings. The number of phenolic OH excluding ortho intramolecular Hbond substituents is 1. The second-order valence-corrected chi connectivity index (χ2v) is 6.09. The molecule has 2 rings (SSSR count). The van der Waals surface area contributed by atoms with E-state index in [0.717, 1.165) is 41.9 Å². The number of hydrogen-bond donors (Lipinski definition) is 1. The van der Waals surface area contributed by atoms with Crippen LogP contribution in [0.1, 0.15) is 30.0 Å². The van der Waals surface area contributed by atoms with E-state index in [1.807, 2.05) is 18.2 Å². The van der Waals surface area contributed by atoms with Gasteiger partial charge in [0.15, 0.2) is 0 Å². The van der Waals surface area contributed by atoms with Gasteiger partial charge >= 0.3 is 0 Å². The van der Waals surface area contributed by atoms with Crippen molar-refractivity contribution in [3.05, 3.63) is 59.2 Å². The largest absolute Gasteiger partial charge is 0.507 e. The molecule has 119 valence electrons. The Morgan fingerprint density at radius 2 is 1.91 bits per heavy atom. The van der Waals surface area contributed by atoms with Crippen LogP contribution in [0.15, 0.2) is 36.4 Å². The average molecular weight is 326 g/mol. The zero-order valence-corrected chi connectivity index (χ0v) is 14.0. The molecule has 1 N–H and O–H groups in total. The molecule has 1 radical (unpaired) electrons. The van der Waals surface area contributed by atoms with Gasteiger partial charge < -0.3 is 9.84 Å². The fourth-order valence-corrected chi connectivity index (χ4v) is 2.73.